The lowest BCUT2D eigenvalue weighted by Gasteiger charge is -2.09. The molecule has 1 amide bonds. The van der Waals surface area contributed by atoms with Crippen LogP contribution >= 0.6 is 34.4 Å². The van der Waals surface area contributed by atoms with Gasteiger partial charge in [0.2, 0.25) is 5.91 Å². The Kier molecular flexibility index (Phi) is 5.80. The van der Waals surface area contributed by atoms with Gasteiger partial charge in [0.15, 0.2) is 0 Å². The Labute approximate surface area is 147 Å². The van der Waals surface area contributed by atoms with Crippen LogP contribution in [0.25, 0.3) is 0 Å². The number of carbonyl (C=O) groups is 1. The number of nitrogens with zero attached hydrogens (tertiary/aromatic N) is 2. The van der Waals surface area contributed by atoms with Gasteiger partial charge in [-0.15, -0.1) is 0 Å². The Hall–Kier alpha value is -1.59. The second-order valence-electron chi connectivity index (χ2n) is 4.69. The van der Waals surface area contributed by atoms with Gasteiger partial charge in [0.05, 0.1) is 17.0 Å². The highest BCUT2D eigenvalue weighted by atomic mass is 127. The number of nitriles is 1. The smallest absolute Gasteiger partial charge is 0.234 e. The second-order valence-corrected chi connectivity index (χ2v) is 6.82. The third-order valence-corrected chi connectivity index (χ3v) is 4.83. The molecule has 0 saturated carbocycles. The van der Waals surface area contributed by atoms with E-state index in [-0.39, 0.29) is 11.7 Å². The van der Waals surface area contributed by atoms with E-state index < -0.39 is 0 Å². The van der Waals surface area contributed by atoms with Gasteiger partial charge in [-0.25, -0.2) is 4.98 Å². The summed E-state index contributed by atoms with van der Waals surface area (Å²) in [6.45, 7) is 3.76. The van der Waals surface area contributed by atoms with Crippen molar-refractivity contribution in [2.75, 3.05) is 11.1 Å². The molecule has 0 radical (unpaired) electrons. The van der Waals surface area contributed by atoms with E-state index in [4.69, 9.17) is 0 Å². The number of benzene rings is 1. The number of hydrogen-bond donors (Lipinski definition) is 1. The molecule has 1 N–H and O–H groups in total. The number of aryl methyl sites for hydroxylation is 2. The van der Waals surface area contributed by atoms with E-state index in [1.165, 1.54) is 11.8 Å². The number of amides is 1. The average molecular weight is 423 g/mol. The normalized spacial score (nSPS) is 10.1. The second kappa shape index (κ2) is 7.61. The van der Waals surface area contributed by atoms with Gasteiger partial charge in [0.1, 0.15) is 11.1 Å². The summed E-state index contributed by atoms with van der Waals surface area (Å²) in [6, 6.07) is 11.6. The third-order valence-electron chi connectivity index (χ3n) is 2.91. The molecule has 1 aromatic heterocycles. The summed E-state index contributed by atoms with van der Waals surface area (Å²) in [5, 5.41) is 12.7. The van der Waals surface area contributed by atoms with Crippen LogP contribution in [0.2, 0.25) is 0 Å². The van der Waals surface area contributed by atoms with Gasteiger partial charge in [-0.05, 0) is 60.2 Å². The van der Waals surface area contributed by atoms with Crippen molar-refractivity contribution in [3.8, 4) is 6.07 Å². The van der Waals surface area contributed by atoms with Crippen molar-refractivity contribution in [2.45, 2.75) is 18.9 Å². The number of rotatable bonds is 4. The van der Waals surface area contributed by atoms with Crippen LogP contribution in [0.15, 0.2) is 35.4 Å². The van der Waals surface area contributed by atoms with Gasteiger partial charge in [-0.3, -0.25) is 4.79 Å². The predicted octanol–water partition coefficient (Wildman–Crippen LogP) is 3.91. The molecule has 0 bridgehead atoms. The fourth-order valence-electron chi connectivity index (χ4n) is 1.93. The maximum Gasteiger partial charge on any atom is 0.234 e. The minimum Gasteiger partial charge on any atom is -0.324 e. The summed E-state index contributed by atoms with van der Waals surface area (Å²) in [6.07, 6.45) is 0. The lowest BCUT2D eigenvalue weighted by Crippen LogP contribution is -2.15. The first-order valence-corrected chi connectivity index (χ1v) is 8.63. The molecule has 6 heteroatoms. The van der Waals surface area contributed by atoms with E-state index in [0.717, 1.165) is 20.5 Å². The molecule has 22 heavy (non-hydrogen) atoms. The Balaban J connectivity index is 2.06. The molecule has 0 atom stereocenters. The van der Waals surface area contributed by atoms with Crippen molar-refractivity contribution in [1.29, 1.82) is 5.26 Å². The molecule has 0 aliphatic rings. The van der Waals surface area contributed by atoms with Crippen LogP contribution in [-0.2, 0) is 4.79 Å². The number of anilines is 1. The van der Waals surface area contributed by atoms with Crippen LogP contribution in [0.3, 0.4) is 0 Å². The quantitative estimate of drug-likeness (QED) is 0.599. The van der Waals surface area contributed by atoms with E-state index in [2.05, 4.69) is 39.0 Å². The van der Waals surface area contributed by atoms with E-state index in [1.807, 2.05) is 44.2 Å². The SMILES string of the molecule is Cc1cc(C)c(C#N)c(SCC(=O)Nc2ccccc2I)n1. The van der Waals surface area contributed by atoms with Crippen LogP contribution in [0, 0.1) is 28.7 Å². The zero-order valence-corrected chi connectivity index (χ0v) is 15.2. The fraction of sp³-hybridized carbons (Fsp3) is 0.188. The largest absolute Gasteiger partial charge is 0.324 e. The Morgan fingerprint density at radius 2 is 2.14 bits per heavy atom. The van der Waals surface area contributed by atoms with Crippen LogP contribution in [0.1, 0.15) is 16.8 Å². The van der Waals surface area contributed by atoms with E-state index in [0.29, 0.717) is 10.6 Å². The van der Waals surface area contributed by atoms with Gasteiger partial charge in [-0.1, -0.05) is 23.9 Å². The third kappa shape index (κ3) is 4.21. The van der Waals surface area contributed by atoms with Crippen molar-refractivity contribution in [1.82, 2.24) is 4.98 Å². The summed E-state index contributed by atoms with van der Waals surface area (Å²) in [5.74, 6) is 0.106. The zero-order chi connectivity index (χ0) is 16.1. The number of halogens is 1. The van der Waals surface area contributed by atoms with Gasteiger partial charge >= 0.3 is 0 Å². The summed E-state index contributed by atoms with van der Waals surface area (Å²) >= 11 is 3.46. The topological polar surface area (TPSA) is 65.8 Å². The molecule has 0 fully saturated rings. The molecule has 2 rings (SSSR count). The number of carbonyl (C=O) groups excluding carboxylic acids is 1. The first-order chi connectivity index (χ1) is 10.5. The van der Waals surface area contributed by atoms with Crippen LogP contribution in [0.5, 0.6) is 0 Å². The number of pyridine rings is 1. The summed E-state index contributed by atoms with van der Waals surface area (Å²) in [4.78, 5) is 16.4. The van der Waals surface area contributed by atoms with Crippen molar-refractivity contribution >= 4 is 45.9 Å². The minimum atomic E-state index is -0.112. The van der Waals surface area contributed by atoms with Crippen LogP contribution in [-0.4, -0.2) is 16.6 Å². The number of para-hydroxylation sites is 1. The fourth-order valence-corrected chi connectivity index (χ4v) is 3.35. The molecule has 0 unspecified atom stereocenters. The highest BCUT2D eigenvalue weighted by Crippen LogP contribution is 2.24. The Bertz CT molecular complexity index is 756. The van der Waals surface area contributed by atoms with Crippen molar-refractivity contribution < 1.29 is 4.79 Å². The molecule has 0 aliphatic heterocycles. The van der Waals surface area contributed by atoms with Gasteiger partial charge in [0, 0.05) is 9.26 Å². The Morgan fingerprint density at radius 1 is 1.41 bits per heavy atom. The molecular weight excluding hydrogens is 409 g/mol. The minimum absolute atomic E-state index is 0.112. The van der Waals surface area contributed by atoms with E-state index in [9.17, 15) is 10.1 Å². The first kappa shape index (κ1) is 16.8. The average Bonchev–Trinajstić information content (AvgIpc) is 2.47. The number of thioether (sulfide) groups is 1. The van der Waals surface area contributed by atoms with Crippen LogP contribution in [0.4, 0.5) is 5.69 Å². The van der Waals surface area contributed by atoms with Crippen LogP contribution < -0.4 is 5.32 Å². The summed E-state index contributed by atoms with van der Waals surface area (Å²) in [7, 11) is 0. The monoisotopic (exact) mass is 423 g/mol. The zero-order valence-electron chi connectivity index (χ0n) is 12.2. The molecule has 4 nitrogen and oxygen atoms in total. The first-order valence-electron chi connectivity index (χ1n) is 6.56. The summed E-state index contributed by atoms with van der Waals surface area (Å²) in [5.41, 5.74) is 3.06. The summed E-state index contributed by atoms with van der Waals surface area (Å²) < 4.78 is 0.987. The lowest BCUT2D eigenvalue weighted by atomic mass is 10.1. The van der Waals surface area contributed by atoms with Gasteiger partial charge in [0.25, 0.3) is 0 Å². The Morgan fingerprint density at radius 3 is 2.82 bits per heavy atom. The number of aromatic nitrogens is 1. The number of nitrogens with one attached hydrogen (secondary N) is 1. The van der Waals surface area contributed by atoms with Gasteiger partial charge < -0.3 is 5.32 Å². The van der Waals surface area contributed by atoms with Crippen molar-refractivity contribution in [3.05, 3.63) is 50.7 Å². The number of hydrogen-bond acceptors (Lipinski definition) is 4. The molecule has 0 aliphatic carbocycles. The van der Waals surface area contributed by atoms with Crippen molar-refractivity contribution in [2.24, 2.45) is 0 Å². The molecular formula is C16H14IN3OS. The highest BCUT2D eigenvalue weighted by Gasteiger charge is 2.12. The van der Waals surface area contributed by atoms with E-state index in [1.54, 1.807) is 0 Å². The van der Waals surface area contributed by atoms with Crippen molar-refractivity contribution in [3.63, 3.8) is 0 Å². The lowest BCUT2D eigenvalue weighted by molar-refractivity contribution is -0.113. The molecule has 1 aromatic carbocycles. The maximum absolute atomic E-state index is 12.1. The standard InChI is InChI=1S/C16H14IN3OS/c1-10-7-11(2)19-16(12(10)8-18)22-9-15(21)20-14-6-4-3-5-13(14)17/h3-7H,9H2,1-2H3,(H,20,21). The highest BCUT2D eigenvalue weighted by molar-refractivity contribution is 14.1. The van der Waals surface area contributed by atoms with E-state index >= 15 is 0 Å². The predicted molar refractivity (Wildman–Crippen MR) is 96.9 cm³/mol. The molecule has 1 heterocycles. The molecule has 0 spiro atoms. The molecule has 2 aromatic rings. The molecule has 0 saturated heterocycles. The molecule has 112 valence electrons. The maximum atomic E-state index is 12.1. The van der Waals surface area contributed by atoms with Gasteiger partial charge in [-0.2, -0.15) is 5.26 Å².